The van der Waals surface area contributed by atoms with Crippen LogP contribution in [0.5, 0.6) is 0 Å². The molecule has 0 unspecified atom stereocenters. The quantitative estimate of drug-likeness (QED) is 0.326. The molecule has 3 aromatic rings. The molecule has 4 nitrogen and oxygen atoms in total. The normalized spacial score (nSPS) is 15.9. The van der Waals surface area contributed by atoms with Crippen molar-refractivity contribution in [3.63, 3.8) is 0 Å². The summed E-state index contributed by atoms with van der Waals surface area (Å²) in [5, 5.41) is 0.844. The maximum Gasteiger partial charge on any atom is 0.293 e. The summed E-state index contributed by atoms with van der Waals surface area (Å²) in [6.45, 7) is 5.16. The summed E-state index contributed by atoms with van der Waals surface area (Å²) < 4.78 is 4.19. The van der Waals surface area contributed by atoms with E-state index in [1.54, 1.807) is 0 Å². The number of aromatic nitrogens is 1. The van der Waals surface area contributed by atoms with Crippen molar-refractivity contribution in [3.05, 3.63) is 73.6 Å². The van der Waals surface area contributed by atoms with E-state index in [0.29, 0.717) is 18.0 Å². The van der Waals surface area contributed by atoms with E-state index in [2.05, 4.69) is 66.9 Å². The zero-order chi connectivity index (χ0) is 21.4. The molecule has 154 valence electrons. The molecule has 0 radical (unpaired) electrons. The number of carbonyl (C=O) groups is 2. The molecule has 0 saturated carbocycles. The lowest BCUT2D eigenvalue weighted by Gasteiger charge is -2.14. The highest BCUT2D eigenvalue weighted by molar-refractivity contribution is 9.10. The van der Waals surface area contributed by atoms with Crippen molar-refractivity contribution in [2.24, 2.45) is 5.92 Å². The van der Waals surface area contributed by atoms with E-state index in [-0.39, 0.29) is 17.1 Å². The number of amides is 2. The van der Waals surface area contributed by atoms with Crippen LogP contribution in [0.2, 0.25) is 0 Å². The average Bonchev–Trinajstić information content (AvgIpc) is 3.15. The number of benzene rings is 2. The maximum atomic E-state index is 12.8. The Morgan fingerprint density at radius 3 is 2.43 bits per heavy atom. The molecule has 0 N–H and O–H groups in total. The molecular weight excluding hydrogens is 528 g/mol. The number of halogens is 2. The van der Waals surface area contributed by atoms with Crippen LogP contribution in [0.1, 0.15) is 25.0 Å². The summed E-state index contributed by atoms with van der Waals surface area (Å²) in [6, 6.07) is 14.4. The first kappa shape index (κ1) is 21.4. The largest absolute Gasteiger partial charge is 0.342 e. The van der Waals surface area contributed by atoms with Gasteiger partial charge in [0.1, 0.15) is 0 Å². The van der Waals surface area contributed by atoms with Gasteiger partial charge in [-0.15, -0.1) is 0 Å². The molecule has 1 aliphatic rings. The van der Waals surface area contributed by atoms with Gasteiger partial charge in [0.2, 0.25) is 0 Å². The van der Waals surface area contributed by atoms with Crippen LogP contribution in [0.25, 0.3) is 17.0 Å². The fourth-order valence-corrected chi connectivity index (χ4v) is 4.96. The van der Waals surface area contributed by atoms with Crippen LogP contribution in [0, 0.1) is 5.92 Å². The smallest absolute Gasteiger partial charge is 0.293 e. The van der Waals surface area contributed by atoms with Crippen LogP contribution in [0.3, 0.4) is 0 Å². The third-order valence-electron chi connectivity index (χ3n) is 4.85. The summed E-state index contributed by atoms with van der Waals surface area (Å²) in [6.07, 6.45) is 3.90. The third kappa shape index (κ3) is 4.43. The van der Waals surface area contributed by atoms with E-state index in [0.717, 1.165) is 37.2 Å². The number of hydrogen-bond acceptors (Lipinski definition) is 3. The van der Waals surface area contributed by atoms with E-state index in [4.69, 9.17) is 0 Å². The Kier molecular flexibility index (Phi) is 6.23. The van der Waals surface area contributed by atoms with Crippen molar-refractivity contribution in [2.45, 2.75) is 20.4 Å². The van der Waals surface area contributed by atoms with E-state index in [1.807, 2.05) is 38.1 Å². The lowest BCUT2D eigenvalue weighted by atomic mass is 10.1. The van der Waals surface area contributed by atoms with Crippen molar-refractivity contribution in [2.75, 3.05) is 6.54 Å². The minimum absolute atomic E-state index is 0.195. The molecule has 0 spiro atoms. The number of hydrogen-bond donors (Lipinski definition) is 0. The molecule has 1 saturated heterocycles. The number of nitrogens with zero attached hydrogens (tertiary/aromatic N) is 2. The number of fused-ring (bicyclic) bond motifs is 1. The molecule has 2 aromatic carbocycles. The lowest BCUT2D eigenvalue weighted by Crippen LogP contribution is -2.31. The zero-order valence-corrected chi connectivity index (χ0v) is 20.6. The van der Waals surface area contributed by atoms with Gasteiger partial charge in [-0.05, 0) is 59.7 Å². The summed E-state index contributed by atoms with van der Waals surface area (Å²) in [4.78, 5) is 26.9. The highest BCUT2D eigenvalue weighted by atomic mass is 79.9. The summed E-state index contributed by atoms with van der Waals surface area (Å²) in [7, 11) is 0. The molecule has 4 rings (SSSR count). The van der Waals surface area contributed by atoms with Gasteiger partial charge in [-0.2, -0.15) is 0 Å². The third-order valence-corrected chi connectivity index (χ3v) is 6.78. The minimum Gasteiger partial charge on any atom is -0.342 e. The molecular formula is C23H20Br2N2O2S. The van der Waals surface area contributed by atoms with Gasteiger partial charge in [-0.3, -0.25) is 14.5 Å². The molecule has 7 heteroatoms. The Labute approximate surface area is 196 Å². The van der Waals surface area contributed by atoms with E-state index < -0.39 is 0 Å². The highest BCUT2D eigenvalue weighted by Gasteiger charge is 2.35. The second kappa shape index (κ2) is 8.73. The van der Waals surface area contributed by atoms with Crippen molar-refractivity contribution < 1.29 is 9.59 Å². The fourth-order valence-electron chi connectivity index (χ4n) is 3.49. The van der Waals surface area contributed by atoms with Crippen molar-refractivity contribution >= 4 is 71.7 Å². The first-order chi connectivity index (χ1) is 14.3. The standard InChI is InChI=1S/C23H20Br2N2O2S/c1-14(2)11-27-22(28)21(30-23(27)29)9-16-13-26(12-15-3-5-17(24)6-4-15)20-8-7-18(25)10-19(16)20/h3-10,13-14H,11-12H2,1-2H3/b21-9-. The van der Waals surface area contributed by atoms with E-state index in [1.165, 1.54) is 10.5 Å². The molecule has 0 aliphatic carbocycles. The van der Waals surface area contributed by atoms with Gasteiger partial charge in [0, 0.05) is 44.7 Å². The fraction of sp³-hybridized carbons (Fsp3) is 0.217. The zero-order valence-electron chi connectivity index (χ0n) is 16.6. The van der Waals surface area contributed by atoms with Gasteiger partial charge in [0.05, 0.1) is 4.91 Å². The lowest BCUT2D eigenvalue weighted by molar-refractivity contribution is -0.123. The molecule has 30 heavy (non-hydrogen) atoms. The van der Waals surface area contributed by atoms with Crippen molar-refractivity contribution in [1.82, 2.24) is 9.47 Å². The molecule has 1 aliphatic heterocycles. The number of imide groups is 1. The van der Waals surface area contributed by atoms with Crippen LogP contribution in [-0.2, 0) is 11.3 Å². The SMILES string of the molecule is CC(C)CN1C(=O)S/C(=C\c2cn(Cc3ccc(Br)cc3)c3ccc(Br)cc23)C1=O. The van der Waals surface area contributed by atoms with Crippen molar-refractivity contribution in [3.8, 4) is 0 Å². The molecule has 0 bridgehead atoms. The van der Waals surface area contributed by atoms with Crippen LogP contribution in [0.4, 0.5) is 4.79 Å². The first-order valence-electron chi connectivity index (χ1n) is 9.60. The van der Waals surface area contributed by atoms with Gasteiger partial charge in [0.25, 0.3) is 11.1 Å². The predicted octanol–water partition coefficient (Wildman–Crippen LogP) is 6.91. The van der Waals surface area contributed by atoms with Gasteiger partial charge >= 0.3 is 0 Å². The van der Waals surface area contributed by atoms with Crippen molar-refractivity contribution in [1.29, 1.82) is 0 Å². The number of carbonyl (C=O) groups excluding carboxylic acids is 2. The topological polar surface area (TPSA) is 42.3 Å². The van der Waals surface area contributed by atoms with Crippen LogP contribution in [0.15, 0.2) is 62.5 Å². The van der Waals surface area contributed by atoms with Gasteiger partial charge in [0.15, 0.2) is 0 Å². The molecule has 0 atom stereocenters. The Morgan fingerprint density at radius 2 is 1.73 bits per heavy atom. The second-order valence-electron chi connectivity index (χ2n) is 7.69. The van der Waals surface area contributed by atoms with E-state index in [9.17, 15) is 9.59 Å². The second-order valence-corrected chi connectivity index (χ2v) is 10.5. The van der Waals surface area contributed by atoms with Crippen LogP contribution in [-0.4, -0.2) is 27.2 Å². The predicted molar refractivity (Wildman–Crippen MR) is 130 cm³/mol. The van der Waals surface area contributed by atoms with Crippen LogP contribution >= 0.6 is 43.6 Å². The molecule has 2 amide bonds. The highest BCUT2D eigenvalue weighted by Crippen LogP contribution is 2.35. The Hall–Kier alpha value is -1.83. The van der Waals surface area contributed by atoms with Gasteiger partial charge < -0.3 is 4.57 Å². The Balaban J connectivity index is 1.73. The molecule has 1 aromatic heterocycles. The molecule has 1 fully saturated rings. The monoisotopic (exact) mass is 546 g/mol. The number of thioether (sulfide) groups is 1. The summed E-state index contributed by atoms with van der Waals surface area (Å²) in [5.74, 6) is 0.0316. The van der Waals surface area contributed by atoms with Gasteiger partial charge in [-0.1, -0.05) is 57.8 Å². The van der Waals surface area contributed by atoms with E-state index >= 15 is 0 Å². The Morgan fingerprint density at radius 1 is 1.03 bits per heavy atom. The first-order valence-corrected chi connectivity index (χ1v) is 12.0. The average molecular weight is 548 g/mol. The summed E-state index contributed by atoms with van der Waals surface area (Å²) >= 11 is 8.05. The maximum absolute atomic E-state index is 12.8. The number of rotatable bonds is 5. The molecule has 2 heterocycles. The minimum atomic E-state index is -0.206. The van der Waals surface area contributed by atoms with Gasteiger partial charge in [-0.25, -0.2) is 0 Å². The summed E-state index contributed by atoms with van der Waals surface area (Å²) in [5.41, 5.74) is 3.19. The van der Waals surface area contributed by atoms with Crippen LogP contribution < -0.4 is 0 Å². The Bertz CT molecular complexity index is 1170.